The first-order chi connectivity index (χ1) is 15.2. The van der Waals surface area contributed by atoms with E-state index in [-0.39, 0.29) is 0 Å². The van der Waals surface area contributed by atoms with E-state index < -0.39 is 0 Å². The van der Waals surface area contributed by atoms with Crippen molar-refractivity contribution in [2.24, 2.45) is 0 Å². The summed E-state index contributed by atoms with van der Waals surface area (Å²) in [6.07, 6.45) is 1.79. The van der Waals surface area contributed by atoms with Gasteiger partial charge in [0.2, 0.25) is 0 Å². The minimum absolute atomic E-state index is 0.784. The summed E-state index contributed by atoms with van der Waals surface area (Å²) in [6, 6.07) is 35.4. The van der Waals surface area contributed by atoms with Crippen molar-refractivity contribution in [1.82, 2.24) is 4.98 Å². The summed E-state index contributed by atoms with van der Waals surface area (Å²) in [7, 11) is 0. The van der Waals surface area contributed by atoms with Crippen molar-refractivity contribution in [1.29, 1.82) is 0 Å². The van der Waals surface area contributed by atoms with Gasteiger partial charge in [-0.3, -0.25) is 0 Å². The lowest BCUT2D eigenvalue weighted by atomic mass is 10.0. The first-order valence-corrected chi connectivity index (χ1v) is 10.3. The molecule has 5 rings (SSSR count). The molecule has 0 spiro atoms. The lowest BCUT2D eigenvalue weighted by Gasteiger charge is -2.09. The van der Waals surface area contributed by atoms with Crippen LogP contribution in [0.1, 0.15) is 5.76 Å². The van der Waals surface area contributed by atoms with Gasteiger partial charge in [0, 0.05) is 17.4 Å². The minimum Gasteiger partial charge on any atom is -0.461 e. The molecule has 0 radical (unpaired) electrons. The van der Waals surface area contributed by atoms with Gasteiger partial charge >= 0.3 is 0 Å². The first-order valence-electron chi connectivity index (χ1n) is 10.3. The van der Waals surface area contributed by atoms with Crippen LogP contribution in [0.3, 0.4) is 0 Å². The van der Waals surface area contributed by atoms with Crippen LogP contribution in [-0.4, -0.2) is 4.98 Å². The standard InChI is InChI=1S/C28H22N2O/c1-20-7-16-27(31-20)25-17-18-29-28(19-25)30-26-14-12-24(13-15-26)23-10-8-22(9-11-23)21-5-3-2-4-6-21/h2-19H,1H3,(H,29,30). The molecule has 3 nitrogen and oxygen atoms in total. The molecular weight excluding hydrogens is 380 g/mol. The molecule has 5 aromatic rings. The molecular formula is C28H22N2O. The van der Waals surface area contributed by atoms with Crippen molar-refractivity contribution < 1.29 is 4.42 Å². The van der Waals surface area contributed by atoms with Crippen LogP contribution in [0.5, 0.6) is 0 Å². The molecule has 1 N–H and O–H groups in total. The molecule has 0 amide bonds. The highest BCUT2D eigenvalue weighted by Crippen LogP contribution is 2.28. The maximum Gasteiger partial charge on any atom is 0.134 e. The zero-order valence-electron chi connectivity index (χ0n) is 17.2. The van der Waals surface area contributed by atoms with Crippen LogP contribution in [0.2, 0.25) is 0 Å². The Balaban J connectivity index is 1.31. The predicted octanol–water partition coefficient (Wildman–Crippen LogP) is 7.73. The largest absolute Gasteiger partial charge is 0.461 e. The second-order valence-electron chi connectivity index (χ2n) is 7.49. The van der Waals surface area contributed by atoms with E-state index in [0.29, 0.717) is 0 Å². The molecule has 0 atom stereocenters. The zero-order valence-corrected chi connectivity index (χ0v) is 17.2. The highest BCUT2D eigenvalue weighted by molar-refractivity contribution is 5.72. The molecule has 0 fully saturated rings. The van der Waals surface area contributed by atoms with Crippen molar-refractivity contribution >= 4 is 11.5 Å². The molecule has 0 aliphatic carbocycles. The number of aromatic nitrogens is 1. The van der Waals surface area contributed by atoms with Crippen molar-refractivity contribution in [3.63, 3.8) is 0 Å². The summed E-state index contributed by atoms with van der Waals surface area (Å²) in [5.41, 5.74) is 6.82. The normalized spacial score (nSPS) is 10.7. The second kappa shape index (κ2) is 8.33. The predicted molar refractivity (Wildman–Crippen MR) is 127 cm³/mol. The summed E-state index contributed by atoms with van der Waals surface area (Å²) < 4.78 is 5.72. The first kappa shape index (κ1) is 18.9. The van der Waals surface area contributed by atoms with Gasteiger partial charge in [0.25, 0.3) is 0 Å². The van der Waals surface area contributed by atoms with Crippen LogP contribution in [0.25, 0.3) is 33.6 Å². The number of rotatable bonds is 5. The Morgan fingerprint density at radius 1 is 0.613 bits per heavy atom. The van der Waals surface area contributed by atoms with Gasteiger partial charge in [-0.05, 0) is 65.6 Å². The molecule has 0 unspecified atom stereocenters. The molecule has 3 aromatic carbocycles. The Kier molecular flexibility index (Phi) is 5.07. The average Bonchev–Trinajstić information content (AvgIpc) is 3.27. The third kappa shape index (κ3) is 4.26. The number of hydrogen-bond donors (Lipinski definition) is 1. The topological polar surface area (TPSA) is 38.1 Å². The summed E-state index contributed by atoms with van der Waals surface area (Å²) in [5.74, 6) is 2.53. The molecule has 0 saturated carbocycles. The van der Waals surface area contributed by atoms with Crippen LogP contribution in [-0.2, 0) is 0 Å². The number of hydrogen-bond acceptors (Lipinski definition) is 3. The van der Waals surface area contributed by atoms with Crippen LogP contribution >= 0.6 is 0 Å². The Bertz CT molecular complexity index is 1290. The number of benzene rings is 3. The van der Waals surface area contributed by atoms with Crippen LogP contribution in [0.4, 0.5) is 11.5 Å². The van der Waals surface area contributed by atoms with Crippen molar-refractivity contribution in [3.8, 4) is 33.6 Å². The number of anilines is 2. The van der Waals surface area contributed by atoms with Gasteiger partial charge in [-0.2, -0.15) is 0 Å². The average molecular weight is 402 g/mol. The van der Waals surface area contributed by atoms with Gasteiger partial charge in [0.15, 0.2) is 0 Å². The monoisotopic (exact) mass is 402 g/mol. The van der Waals surface area contributed by atoms with Crippen molar-refractivity contribution in [2.45, 2.75) is 6.92 Å². The molecule has 0 bridgehead atoms. The molecule has 0 aliphatic rings. The summed E-state index contributed by atoms with van der Waals surface area (Å²) in [5, 5.41) is 3.38. The Morgan fingerprint density at radius 2 is 1.23 bits per heavy atom. The highest BCUT2D eigenvalue weighted by atomic mass is 16.3. The number of nitrogens with one attached hydrogen (secondary N) is 1. The molecule has 150 valence electrons. The number of aryl methyl sites for hydroxylation is 1. The van der Waals surface area contributed by atoms with Gasteiger partial charge in [0.05, 0.1) is 0 Å². The fourth-order valence-electron chi connectivity index (χ4n) is 3.62. The van der Waals surface area contributed by atoms with E-state index in [1.165, 1.54) is 22.3 Å². The molecule has 31 heavy (non-hydrogen) atoms. The minimum atomic E-state index is 0.784. The SMILES string of the molecule is Cc1ccc(-c2ccnc(Nc3ccc(-c4ccc(-c5ccccc5)cc4)cc3)c2)o1. The quantitative estimate of drug-likeness (QED) is 0.327. The third-order valence-corrected chi connectivity index (χ3v) is 5.27. The molecule has 0 saturated heterocycles. The van der Waals surface area contributed by atoms with Crippen molar-refractivity contribution in [2.75, 3.05) is 5.32 Å². The summed E-state index contributed by atoms with van der Waals surface area (Å²) in [6.45, 7) is 1.95. The van der Waals surface area contributed by atoms with E-state index in [2.05, 4.69) is 83.1 Å². The molecule has 2 heterocycles. The zero-order chi connectivity index (χ0) is 21.0. The lowest BCUT2D eigenvalue weighted by molar-refractivity contribution is 0.548. The van der Waals surface area contributed by atoms with Gasteiger partial charge in [-0.25, -0.2) is 4.98 Å². The van der Waals surface area contributed by atoms with E-state index >= 15 is 0 Å². The van der Waals surface area contributed by atoms with Crippen molar-refractivity contribution in [3.05, 3.63) is 115 Å². The Labute approximate surface area is 182 Å². The number of nitrogens with zero attached hydrogens (tertiary/aromatic N) is 1. The second-order valence-corrected chi connectivity index (χ2v) is 7.49. The summed E-state index contributed by atoms with van der Waals surface area (Å²) >= 11 is 0. The fraction of sp³-hybridized carbons (Fsp3) is 0.0357. The fourth-order valence-corrected chi connectivity index (χ4v) is 3.62. The highest BCUT2D eigenvalue weighted by Gasteiger charge is 2.05. The van der Waals surface area contributed by atoms with E-state index in [1.54, 1.807) is 6.20 Å². The maximum atomic E-state index is 5.72. The van der Waals surface area contributed by atoms with Crippen LogP contribution in [0, 0.1) is 6.92 Å². The van der Waals surface area contributed by atoms with Gasteiger partial charge < -0.3 is 9.73 Å². The number of furan rings is 1. The molecule has 2 aromatic heterocycles. The van der Waals surface area contributed by atoms with Gasteiger partial charge in [0.1, 0.15) is 17.3 Å². The smallest absolute Gasteiger partial charge is 0.134 e. The van der Waals surface area contributed by atoms with E-state index in [9.17, 15) is 0 Å². The Hall–Kier alpha value is -4.11. The van der Waals surface area contributed by atoms with E-state index in [4.69, 9.17) is 4.42 Å². The Morgan fingerprint density at radius 3 is 1.84 bits per heavy atom. The third-order valence-electron chi connectivity index (χ3n) is 5.27. The molecule has 3 heteroatoms. The van der Waals surface area contributed by atoms with E-state index in [1.807, 2.05) is 37.3 Å². The summed E-state index contributed by atoms with van der Waals surface area (Å²) in [4.78, 5) is 4.43. The van der Waals surface area contributed by atoms with Gasteiger partial charge in [-0.15, -0.1) is 0 Å². The van der Waals surface area contributed by atoms with Gasteiger partial charge in [-0.1, -0.05) is 66.7 Å². The maximum absolute atomic E-state index is 5.72. The van der Waals surface area contributed by atoms with E-state index in [0.717, 1.165) is 28.6 Å². The van der Waals surface area contributed by atoms with Crippen LogP contribution in [0.15, 0.2) is 114 Å². The van der Waals surface area contributed by atoms with Crippen LogP contribution < -0.4 is 5.32 Å². The number of pyridine rings is 1. The molecule has 0 aliphatic heterocycles. The lowest BCUT2D eigenvalue weighted by Crippen LogP contribution is -1.93.